The van der Waals surface area contributed by atoms with E-state index in [2.05, 4.69) is 50.6 Å². The second-order valence-electron chi connectivity index (χ2n) is 15.4. The predicted molar refractivity (Wildman–Crippen MR) is 219 cm³/mol. The largest absolute Gasteiger partial charge is 0.453 e. The molecule has 0 radical (unpaired) electrons. The van der Waals surface area contributed by atoms with Gasteiger partial charge in [-0.05, 0) is 58.0 Å². The summed E-state index contributed by atoms with van der Waals surface area (Å²) in [7, 11) is 2.47. The molecule has 6 rings (SSSR count). The summed E-state index contributed by atoms with van der Waals surface area (Å²) in [5, 5.41) is 13.0. The molecule has 2 aliphatic heterocycles. The number of carbonyl (C=O) groups excluding carboxylic acids is 4. The van der Waals surface area contributed by atoms with Crippen molar-refractivity contribution in [2.45, 2.75) is 76.8 Å². The van der Waals surface area contributed by atoms with Crippen molar-refractivity contribution >= 4 is 24.0 Å². The average molecular weight is 821 g/mol. The number of rotatable bonds is 13. The van der Waals surface area contributed by atoms with Crippen molar-refractivity contribution in [2.24, 2.45) is 22.1 Å². The van der Waals surface area contributed by atoms with Crippen molar-refractivity contribution in [1.82, 2.24) is 40.4 Å². The summed E-state index contributed by atoms with van der Waals surface area (Å²) in [6, 6.07) is 12.3. The molecular formula is C40H48N14O6. The van der Waals surface area contributed by atoms with Gasteiger partial charge in [0.1, 0.15) is 23.7 Å². The summed E-state index contributed by atoms with van der Waals surface area (Å²) in [5.41, 5.74) is 23.4. The van der Waals surface area contributed by atoms with Gasteiger partial charge < -0.3 is 39.9 Å². The molecule has 4 amide bonds. The van der Waals surface area contributed by atoms with Crippen molar-refractivity contribution in [3.05, 3.63) is 93.5 Å². The van der Waals surface area contributed by atoms with Crippen LogP contribution in [-0.2, 0) is 19.1 Å². The maximum atomic E-state index is 13.8. The number of alkyl carbamates (subject to hydrolysis) is 2. The number of hydrogen-bond acceptors (Lipinski definition) is 10. The Morgan fingerprint density at radius 1 is 0.667 bits per heavy atom. The zero-order valence-corrected chi connectivity index (χ0v) is 34.1. The minimum absolute atomic E-state index is 0.181. The molecule has 20 heteroatoms. The molecule has 6 atom stereocenters. The second-order valence-corrected chi connectivity index (χ2v) is 15.4. The Kier molecular flexibility index (Phi) is 13.3. The highest BCUT2D eigenvalue weighted by Crippen LogP contribution is 2.37. The van der Waals surface area contributed by atoms with Crippen molar-refractivity contribution in [1.29, 1.82) is 0 Å². The first-order chi connectivity index (χ1) is 28.8. The molecule has 4 N–H and O–H groups in total. The minimum Gasteiger partial charge on any atom is -0.453 e. The highest BCUT2D eigenvalue weighted by molar-refractivity contribution is 5.87. The van der Waals surface area contributed by atoms with E-state index in [9.17, 15) is 19.2 Å². The molecule has 2 aliphatic rings. The van der Waals surface area contributed by atoms with Gasteiger partial charge in [-0.25, -0.2) is 19.6 Å². The fourth-order valence-electron chi connectivity index (χ4n) is 7.69. The lowest BCUT2D eigenvalue weighted by Crippen LogP contribution is -2.51. The minimum atomic E-state index is -0.848. The average Bonchev–Trinajstić information content (AvgIpc) is 4.08. The number of likely N-dealkylation sites (tertiary alicyclic amines) is 2. The molecule has 314 valence electrons. The Labute approximate surface area is 345 Å². The molecule has 4 heterocycles. The van der Waals surface area contributed by atoms with Gasteiger partial charge in [0.2, 0.25) is 11.8 Å². The van der Waals surface area contributed by atoms with E-state index in [0.717, 1.165) is 33.6 Å². The van der Waals surface area contributed by atoms with Gasteiger partial charge >= 0.3 is 12.2 Å². The van der Waals surface area contributed by atoms with Crippen LogP contribution in [0.2, 0.25) is 0 Å². The number of imidazole rings is 2. The third kappa shape index (κ3) is 9.30. The van der Waals surface area contributed by atoms with E-state index in [1.807, 2.05) is 76.2 Å². The van der Waals surface area contributed by atoms with Gasteiger partial charge in [0.05, 0.1) is 62.2 Å². The second kappa shape index (κ2) is 18.7. The Morgan fingerprint density at radius 3 is 1.33 bits per heavy atom. The van der Waals surface area contributed by atoms with E-state index in [0.29, 0.717) is 24.5 Å². The molecule has 0 aliphatic carbocycles. The van der Waals surface area contributed by atoms with Crippen LogP contribution < -0.4 is 10.6 Å². The number of ether oxygens (including phenoxy) is 2. The molecular weight excluding hydrogens is 773 g/mol. The number of aromatic amines is 2. The van der Waals surface area contributed by atoms with Crippen LogP contribution in [0.1, 0.15) is 64.3 Å². The molecule has 0 saturated carbocycles. The third-order valence-corrected chi connectivity index (χ3v) is 10.9. The summed E-state index contributed by atoms with van der Waals surface area (Å²) < 4.78 is 9.48. The third-order valence-electron chi connectivity index (χ3n) is 10.9. The molecule has 60 heavy (non-hydrogen) atoms. The van der Waals surface area contributed by atoms with Crippen LogP contribution in [0.3, 0.4) is 0 Å². The Balaban J connectivity index is 1.16. The molecule has 2 fully saturated rings. The van der Waals surface area contributed by atoms with Gasteiger partial charge in [-0.2, -0.15) is 0 Å². The molecule has 0 bridgehead atoms. The fourth-order valence-corrected chi connectivity index (χ4v) is 7.69. The highest BCUT2D eigenvalue weighted by atomic mass is 16.5. The summed E-state index contributed by atoms with van der Waals surface area (Å²) in [6.45, 7) is 7.66. The SMILES string of the molecule is COC(=O)N[C@H](C(=O)N1C[C@@H](N=[N+]=[N-])C[C@H]1c1ncc(-c2ccc(-c3ccc(-c4cnc([C@@H]5C[C@H](N=[N+]=[N-])CN5C(=O)[C@@H](NC(=O)OC)C(C)C)[nH]4)cc3)cc2)[nH]1)C(C)C. The number of azide groups is 2. The number of aromatic nitrogens is 4. The predicted octanol–water partition coefficient (Wildman–Crippen LogP) is 6.80. The van der Waals surface area contributed by atoms with Crippen LogP contribution in [-0.4, -0.2) is 105 Å². The zero-order chi connectivity index (χ0) is 43.1. The fraction of sp³-hybridized carbons (Fsp3) is 0.450. The first-order valence-electron chi connectivity index (χ1n) is 19.5. The number of carbonyl (C=O) groups is 4. The lowest BCUT2D eigenvalue weighted by molar-refractivity contribution is -0.136. The van der Waals surface area contributed by atoms with E-state index < -0.39 is 48.4 Å². The summed E-state index contributed by atoms with van der Waals surface area (Å²) in [4.78, 5) is 76.7. The summed E-state index contributed by atoms with van der Waals surface area (Å²) >= 11 is 0. The Morgan fingerprint density at radius 2 is 1.02 bits per heavy atom. The number of nitrogens with zero attached hydrogens (tertiary/aromatic N) is 10. The van der Waals surface area contributed by atoms with E-state index in [-0.39, 0.29) is 36.7 Å². The monoisotopic (exact) mass is 820 g/mol. The molecule has 0 spiro atoms. The maximum Gasteiger partial charge on any atom is 0.407 e. The van der Waals surface area contributed by atoms with E-state index in [4.69, 9.17) is 20.5 Å². The molecule has 0 unspecified atom stereocenters. The lowest BCUT2D eigenvalue weighted by atomic mass is 10.0. The Bertz CT molecular complexity index is 2120. The maximum absolute atomic E-state index is 13.8. The Hall–Kier alpha value is -7.04. The summed E-state index contributed by atoms with van der Waals surface area (Å²) in [5.74, 6) is -0.0338. The van der Waals surface area contributed by atoms with E-state index >= 15 is 0 Å². The van der Waals surface area contributed by atoms with E-state index in [1.54, 1.807) is 22.2 Å². The van der Waals surface area contributed by atoms with Gasteiger partial charge in [-0.3, -0.25) is 9.59 Å². The van der Waals surface area contributed by atoms with Crippen molar-refractivity contribution < 1.29 is 28.7 Å². The van der Waals surface area contributed by atoms with Crippen LogP contribution in [0.25, 0.3) is 54.5 Å². The molecule has 4 aromatic rings. The number of hydrogen-bond donors (Lipinski definition) is 4. The number of benzene rings is 2. The first kappa shape index (κ1) is 42.6. The van der Waals surface area contributed by atoms with Crippen LogP contribution in [0, 0.1) is 11.8 Å². The van der Waals surface area contributed by atoms with E-state index in [1.165, 1.54) is 14.2 Å². The number of nitrogens with one attached hydrogen (secondary N) is 4. The van der Waals surface area contributed by atoms with Crippen molar-refractivity contribution in [2.75, 3.05) is 27.3 Å². The molecule has 2 aromatic carbocycles. The van der Waals surface area contributed by atoms with Crippen LogP contribution >= 0.6 is 0 Å². The van der Waals surface area contributed by atoms with Crippen LogP contribution in [0.15, 0.2) is 71.2 Å². The van der Waals surface area contributed by atoms with Gasteiger partial charge in [0, 0.05) is 22.9 Å². The van der Waals surface area contributed by atoms with Crippen molar-refractivity contribution in [3.63, 3.8) is 0 Å². The number of H-pyrrole nitrogens is 2. The van der Waals surface area contributed by atoms with Gasteiger partial charge in [0.15, 0.2) is 0 Å². The van der Waals surface area contributed by atoms with Crippen LogP contribution in [0.4, 0.5) is 9.59 Å². The molecule has 2 saturated heterocycles. The molecule has 20 nitrogen and oxygen atoms in total. The first-order valence-corrected chi connectivity index (χ1v) is 19.5. The van der Waals surface area contributed by atoms with Gasteiger partial charge in [0.25, 0.3) is 0 Å². The number of amides is 4. The lowest BCUT2D eigenvalue weighted by Gasteiger charge is -2.30. The van der Waals surface area contributed by atoms with Crippen molar-refractivity contribution in [3.8, 4) is 33.6 Å². The topological polar surface area (TPSA) is 272 Å². The zero-order valence-electron chi connectivity index (χ0n) is 34.1. The number of methoxy groups -OCH3 is 2. The highest BCUT2D eigenvalue weighted by Gasteiger charge is 2.42. The standard InChI is InChI=1S/C40H48N14O6/c1-21(2)33(47-39(57)59-5)37(55)53-19-27(49-51-41)15-31(53)35-43-17-29(45-35)25-11-7-23(8-12-25)24-9-13-26(14-10-24)30-18-44-36(46-30)32-16-28(50-52-42)20-54(32)38(56)34(22(3)4)48-40(58)60-6/h7-14,17-18,21-22,27-28,31-34H,15-16,19-20H2,1-6H3,(H,43,45)(H,44,46)(H,47,57)(H,48,58)/t27-,28-,31-,32-,33-,34-/m0/s1. The smallest absolute Gasteiger partial charge is 0.407 e. The van der Waals surface area contributed by atoms with Gasteiger partial charge in [-0.15, -0.1) is 0 Å². The molecule has 2 aromatic heterocycles. The normalized spacial score (nSPS) is 19.6. The quantitative estimate of drug-likeness (QED) is 0.0631. The van der Waals surface area contributed by atoms with Gasteiger partial charge in [-0.1, -0.05) is 86.5 Å². The summed E-state index contributed by atoms with van der Waals surface area (Å²) in [6.07, 6.45) is 2.71. The van der Waals surface area contributed by atoms with Crippen LogP contribution in [0.5, 0.6) is 0 Å².